The molecule has 6 heteroatoms. The first-order chi connectivity index (χ1) is 5.45. The van der Waals surface area contributed by atoms with Gasteiger partial charge in [0.1, 0.15) is 0 Å². The maximum atomic E-state index is 10.1. The normalized spacial score (nSPS) is 15.2. The van der Waals surface area contributed by atoms with Crippen LogP contribution in [-0.2, 0) is 4.79 Å². The summed E-state index contributed by atoms with van der Waals surface area (Å²) in [5.41, 5.74) is 0. The van der Waals surface area contributed by atoms with Gasteiger partial charge in [0.25, 0.3) is 0 Å². The van der Waals surface area contributed by atoms with Gasteiger partial charge in [-0.3, -0.25) is 4.79 Å². The fourth-order valence-corrected chi connectivity index (χ4v) is 1.28. The van der Waals surface area contributed by atoms with Crippen molar-refractivity contribution in [1.82, 2.24) is 0 Å². The van der Waals surface area contributed by atoms with Crippen LogP contribution in [0, 0.1) is 0 Å². The van der Waals surface area contributed by atoms with E-state index in [0.717, 1.165) is 0 Å². The van der Waals surface area contributed by atoms with Crippen molar-refractivity contribution < 1.29 is 15.0 Å². The summed E-state index contributed by atoms with van der Waals surface area (Å²) in [6.45, 7) is 0. The Hall–Kier alpha value is 0.0600. The highest BCUT2D eigenvalue weighted by Gasteiger charge is 2.18. The van der Waals surface area contributed by atoms with Gasteiger partial charge in [-0.2, -0.15) is 25.3 Å². The average Bonchev–Trinajstić information content (AvgIpc) is 1.98. The average molecular weight is 226 g/mol. The van der Waals surface area contributed by atoms with Gasteiger partial charge in [-0.25, -0.2) is 0 Å². The number of carboxylic acid groups (broad SMARTS) is 1. The summed E-state index contributed by atoms with van der Waals surface area (Å²) in [6, 6.07) is 0. The van der Waals surface area contributed by atoms with Gasteiger partial charge in [0.05, 0.1) is 5.25 Å². The summed E-state index contributed by atoms with van der Waals surface area (Å²) in [7, 11) is 0. The Morgan fingerprint density at radius 1 is 1.42 bits per heavy atom. The number of carboxylic acids is 1. The quantitative estimate of drug-likeness (QED) is 0.422. The predicted octanol–water partition coefficient (Wildman–Crippen LogP) is 1.33. The van der Waals surface area contributed by atoms with Crippen molar-refractivity contribution in [2.45, 2.75) is 23.3 Å². The molecule has 0 spiro atoms. The van der Waals surface area contributed by atoms with Gasteiger partial charge in [0.2, 0.25) is 0 Å². The molecule has 0 aliphatic rings. The zero-order chi connectivity index (χ0) is 9.72. The van der Waals surface area contributed by atoms with E-state index in [4.69, 9.17) is 10.2 Å². The van der Waals surface area contributed by atoms with E-state index in [1.54, 1.807) is 0 Å². The van der Waals surface area contributed by atoms with Crippen LogP contribution in [0.5, 0.6) is 0 Å². The minimum absolute atomic E-state index is 0.00778. The Morgan fingerprint density at radius 3 is 2.25 bits per heavy atom. The van der Waals surface area contributed by atoms with Crippen LogP contribution in [0.1, 0.15) is 12.8 Å². The van der Waals surface area contributed by atoms with E-state index in [1.165, 1.54) is 0 Å². The summed E-state index contributed by atoms with van der Waals surface area (Å²) < 4.78 is 0. The number of carbonyl (C=O) groups is 1. The lowest BCUT2D eigenvalue weighted by Gasteiger charge is -2.14. The number of thiol groups is 2. The lowest BCUT2D eigenvalue weighted by molar-refractivity contribution is -0.137. The van der Waals surface area contributed by atoms with Crippen molar-refractivity contribution in [3.63, 3.8) is 0 Å². The maximum Gasteiger partial charge on any atom is 0.303 e. The van der Waals surface area contributed by atoms with Crippen LogP contribution in [-0.4, -0.2) is 31.7 Å². The third kappa shape index (κ3) is 4.84. The molecular formula is C6H10O3S3. The molecule has 0 saturated heterocycles. The molecule has 0 aromatic heterocycles. The van der Waals surface area contributed by atoms with Crippen LogP contribution in [0.25, 0.3) is 0 Å². The maximum absolute atomic E-state index is 10.1. The van der Waals surface area contributed by atoms with E-state index >= 15 is 0 Å². The largest absolute Gasteiger partial charge is 0.501 e. The van der Waals surface area contributed by atoms with Gasteiger partial charge in [0, 0.05) is 11.7 Å². The first-order valence-electron chi connectivity index (χ1n) is 3.26. The molecule has 0 bridgehead atoms. The summed E-state index contributed by atoms with van der Waals surface area (Å²) in [6.07, 6.45) is 0.348. The van der Waals surface area contributed by atoms with E-state index in [9.17, 15) is 4.79 Å². The summed E-state index contributed by atoms with van der Waals surface area (Å²) in [5.74, 6) is -0.890. The Balaban J connectivity index is 3.79. The molecule has 0 rings (SSSR count). The number of rotatable bonds is 5. The summed E-state index contributed by atoms with van der Waals surface area (Å²) in [4.78, 5) is 10.1. The van der Waals surface area contributed by atoms with Crippen molar-refractivity contribution in [2.24, 2.45) is 0 Å². The number of aliphatic hydroxyl groups is 1. The number of hydrogen-bond donors (Lipinski definition) is 4. The first-order valence-corrected chi connectivity index (χ1v) is 4.70. The molecule has 0 amide bonds. The second-order valence-corrected chi connectivity index (χ2v) is 3.92. The van der Waals surface area contributed by atoms with E-state index < -0.39 is 11.2 Å². The third-order valence-electron chi connectivity index (χ3n) is 1.27. The zero-order valence-electron chi connectivity index (χ0n) is 6.17. The van der Waals surface area contributed by atoms with Gasteiger partial charge < -0.3 is 10.2 Å². The monoisotopic (exact) mass is 226 g/mol. The Morgan fingerprint density at radius 2 is 1.92 bits per heavy atom. The second-order valence-electron chi connectivity index (χ2n) is 2.28. The molecule has 0 radical (unpaired) electrons. The van der Waals surface area contributed by atoms with Crippen LogP contribution in [0.3, 0.4) is 0 Å². The van der Waals surface area contributed by atoms with E-state index in [1.807, 2.05) is 0 Å². The third-order valence-corrected chi connectivity index (χ3v) is 3.10. The number of hydrogen-bond acceptors (Lipinski definition) is 4. The van der Waals surface area contributed by atoms with Crippen molar-refractivity contribution in [1.29, 1.82) is 0 Å². The molecule has 0 fully saturated rings. The highest BCUT2D eigenvalue weighted by molar-refractivity contribution is 7.88. The van der Waals surface area contributed by atoms with Gasteiger partial charge in [0.15, 0.2) is 5.05 Å². The van der Waals surface area contributed by atoms with Crippen LogP contribution < -0.4 is 0 Å². The fourth-order valence-electron chi connectivity index (χ4n) is 0.594. The van der Waals surface area contributed by atoms with Gasteiger partial charge in [-0.05, 0) is 18.6 Å². The number of aliphatic carboxylic acids is 1. The lowest BCUT2D eigenvalue weighted by Crippen LogP contribution is -2.24. The van der Waals surface area contributed by atoms with E-state index in [-0.39, 0.29) is 16.7 Å². The SMILES string of the molecule is O=C(O)CCC(S)C(S)C(O)=S. The topological polar surface area (TPSA) is 57.5 Å². The fraction of sp³-hybridized carbons (Fsp3) is 0.667. The van der Waals surface area contributed by atoms with Crippen molar-refractivity contribution in [2.75, 3.05) is 0 Å². The molecule has 2 unspecified atom stereocenters. The van der Waals surface area contributed by atoms with Gasteiger partial charge in [-0.15, -0.1) is 0 Å². The number of thiocarbonyl (C=S) groups is 1. The summed E-state index contributed by atoms with van der Waals surface area (Å²) >= 11 is 12.5. The first kappa shape index (κ1) is 12.1. The smallest absolute Gasteiger partial charge is 0.303 e. The Bertz CT molecular complexity index is 183. The highest BCUT2D eigenvalue weighted by atomic mass is 32.1. The van der Waals surface area contributed by atoms with Crippen LogP contribution in [0.15, 0.2) is 0 Å². The highest BCUT2D eigenvalue weighted by Crippen LogP contribution is 2.15. The van der Waals surface area contributed by atoms with Crippen LogP contribution >= 0.6 is 37.5 Å². The molecule has 70 valence electrons. The molecule has 2 atom stereocenters. The lowest BCUT2D eigenvalue weighted by atomic mass is 10.2. The van der Waals surface area contributed by atoms with E-state index in [2.05, 4.69) is 37.5 Å². The minimum atomic E-state index is -0.890. The molecule has 0 aromatic rings. The zero-order valence-corrected chi connectivity index (χ0v) is 8.78. The standard InChI is InChI=1S/C6H10O3S3/c7-4(8)2-1-3(10)5(11)6(9)12/h3,5,10-11H,1-2H2,(H,7,8)(H,9,12). The van der Waals surface area contributed by atoms with Crippen molar-refractivity contribution >= 4 is 48.5 Å². The second kappa shape index (κ2) is 5.66. The van der Waals surface area contributed by atoms with Crippen LogP contribution in [0.4, 0.5) is 0 Å². The molecule has 2 N–H and O–H groups in total. The molecule has 12 heavy (non-hydrogen) atoms. The molecular weight excluding hydrogens is 216 g/mol. The molecule has 3 nitrogen and oxygen atoms in total. The molecule has 0 aromatic carbocycles. The Labute approximate surface area is 87.0 Å². The van der Waals surface area contributed by atoms with Crippen molar-refractivity contribution in [3.8, 4) is 0 Å². The minimum Gasteiger partial charge on any atom is -0.501 e. The summed E-state index contributed by atoms with van der Waals surface area (Å²) in [5, 5.41) is 16.0. The van der Waals surface area contributed by atoms with Crippen LogP contribution in [0.2, 0.25) is 0 Å². The van der Waals surface area contributed by atoms with Crippen molar-refractivity contribution in [3.05, 3.63) is 0 Å². The van der Waals surface area contributed by atoms with E-state index in [0.29, 0.717) is 6.42 Å². The molecule has 0 aliphatic carbocycles. The predicted molar refractivity (Wildman–Crippen MR) is 57.6 cm³/mol. The molecule has 0 saturated carbocycles. The Kier molecular flexibility index (Phi) is 5.69. The molecule has 0 aliphatic heterocycles. The number of aliphatic hydroxyl groups excluding tert-OH is 1. The van der Waals surface area contributed by atoms with Gasteiger partial charge >= 0.3 is 5.97 Å². The van der Waals surface area contributed by atoms with Gasteiger partial charge in [-0.1, -0.05) is 0 Å². The molecule has 0 heterocycles.